The Balaban J connectivity index is 0. The molecule has 3 nitrogen and oxygen atoms in total. The number of carbonyl (C=O) groups is 1. The predicted molar refractivity (Wildman–Crippen MR) is 176 cm³/mol. The predicted octanol–water partition coefficient (Wildman–Crippen LogP) is 12.1. The lowest BCUT2D eigenvalue weighted by Gasteiger charge is -2.08. The molecule has 1 N–H and O–H groups in total. The fourth-order valence-corrected chi connectivity index (χ4v) is 4.97. The summed E-state index contributed by atoms with van der Waals surface area (Å²) in [6, 6.07) is 0. The Morgan fingerprint density at radius 2 is 0.795 bits per heavy atom. The van der Waals surface area contributed by atoms with Crippen LogP contribution in [-0.2, 0) is 4.79 Å². The maximum absolute atomic E-state index is 10.3. The summed E-state index contributed by atoms with van der Waals surface area (Å²) in [5, 5.41) is 8.51. The number of carboxylic acids is 1. The summed E-state index contributed by atoms with van der Waals surface area (Å²) >= 11 is 0. The summed E-state index contributed by atoms with van der Waals surface area (Å²) in [7, 11) is 4.34. The zero-order valence-corrected chi connectivity index (χ0v) is 27.5. The number of hydrogen-bond donors (Lipinski definition) is 1. The second-order valence-electron chi connectivity index (χ2n) is 12.1. The average Bonchev–Trinajstić information content (AvgIpc) is 2.91. The van der Waals surface area contributed by atoms with Crippen LogP contribution in [0.5, 0.6) is 0 Å². The van der Waals surface area contributed by atoms with Crippen LogP contribution in [0.1, 0.15) is 194 Å². The van der Waals surface area contributed by atoms with Crippen molar-refractivity contribution in [2.24, 2.45) is 0 Å². The van der Waals surface area contributed by atoms with E-state index in [1.807, 2.05) is 0 Å². The molecule has 0 aliphatic heterocycles. The van der Waals surface area contributed by atoms with Crippen LogP contribution in [0.25, 0.3) is 0 Å². The molecule has 0 fully saturated rings. The molecule has 0 atom stereocenters. The van der Waals surface area contributed by atoms with Crippen molar-refractivity contribution in [3.63, 3.8) is 0 Å². The van der Waals surface area contributed by atoms with Gasteiger partial charge in [-0.25, -0.2) is 0 Å². The highest BCUT2D eigenvalue weighted by Crippen LogP contribution is 2.13. The fraction of sp³-hybridized carbons (Fsp3) is 0.917. The number of aliphatic carboxylic acids is 1. The van der Waals surface area contributed by atoms with Gasteiger partial charge in [0, 0.05) is 6.42 Å². The standard InChI is InChI=1S/C18H39N.C18H34O2/c1-4-5-6-7-8-9-10-11-12-13-14-15-16-17-18-19(2)3;1-2-3-4-5-6-7-8-9-10-11-12-13-14-15-16-17-18(19)20/h4-18H2,1-3H3;9-10H,2-8,11-17H2,1H3,(H,19,20)/b;10-9+. The van der Waals surface area contributed by atoms with Crippen LogP contribution in [0.15, 0.2) is 12.2 Å². The Kier molecular flexibility index (Phi) is 38.4. The molecule has 0 aromatic heterocycles. The highest BCUT2D eigenvalue weighted by molar-refractivity contribution is 5.66. The molecular formula is C36H73NO2. The van der Waals surface area contributed by atoms with E-state index in [2.05, 4.69) is 45.0 Å². The van der Waals surface area contributed by atoms with Crippen molar-refractivity contribution < 1.29 is 9.90 Å². The van der Waals surface area contributed by atoms with Crippen molar-refractivity contribution in [1.82, 2.24) is 4.90 Å². The lowest BCUT2D eigenvalue weighted by atomic mass is 10.0. The zero-order chi connectivity index (χ0) is 29.1. The summed E-state index contributed by atoms with van der Waals surface area (Å²) in [6.45, 7) is 5.81. The summed E-state index contributed by atoms with van der Waals surface area (Å²) in [5.74, 6) is -0.664. The van der Waals surface area contributed by atoms with Crippen LogP contribution in [0.4, 0.5) is 0 Å². The summed E-state index contributed by atoms with van der Waals surface area (Å²) in [6.07, 6.45) is 41.6. The lowest BCUT2D eigenvalue weighted by molar-refractivity contribution is -0.137. The van der Waals surface area contributed by atoms with Gasteiger partial charge in [-0.1, -0.05) is 161 Å². The van der Waals surface area contributed by atoms with Crippen molar-refractivity contribution in [1.29, 1.82) is 0 Å². The van der Waals surface area contributed by atoms with E-state index >= 15 is 0 Å². The Hall–Kier alpha value is -0.830. The van der Waals surface area contributed by atoms with Gasteiger partial charge in [0.25, 0.3) is 0 Å². The largest absolute Gasteiger partial charge is 0.481 e. The molecule has 0 bridgehead atoms. The maximum atomic E-state index is 10.3. The monoisotopic (exact) mass is 552 g/mol. The quantitative estimate of drug-likeness (QED) is 0.0712. The second kappa shape index (κ2) is 37.2. The molecular weight excluding hydrogens is 478 g/mol. The Morgan fingerprint density at radius 1 is 0.487 bits per heavy atom. The fourth-order valence-electron chi connectivity index (χ4n) is 4.97. The first-order chi connectivity index (χ1) is 19.0. The molecule has 0 aromatic rings. The molecule has 0 spiro atoms. The molecule has 0 aliphatic carbocycles. The molecule has 0 aromatic carbocycles. The first kappa shape index (κ1) is 40.3. The summed E-state index contributed by atoms with van der Waals surface area (Å²) in [4.78, 5) is 12.6. The van der Waals surface area contributed by atoms with Gasteiger partial charge < -0.3 is 10.0 Å². The summed E-state index contributed by atoms with van der Waals surface area (Å²) in [5.41, 5.74) is 0. The van der Waals surface area contributed by atoms with Crippen molar-refractivity contribution in [3.05, 3.63) is 12.2 Å². The van der Waals surface area contributed by atoms with E-state index in [9.17, 15) is 4.79 Å². The molecule has 0 aliphatic rings. The number of hydrogen-bond acceptors (Lipinski definition) is 2. The van der Waals surface area contributed by atoms with Gasteiger partial charge in [0.05, 0.1) is 0 Å². The maximum Gasteiger partial charge on any atom is 0.303 e. The van der Waals surface area contributed by atoms with E-state index in [-0.39, 0.29) is 0 Å². The topological polar surface area (TPSA) is 40.5 Å². The molecule has 0 rings (SSSR count). The second-order valence-corrected chi connectivity index (χ2v) is 12.1. The first-order valence-electron chi connectivity index (χ1n) is 17.6. The van der Waals surface area contributed by atoms with Crippen LogP contribution in [0.2, 0.25) is 0 Å². The van der Waals surface area contributed by atoms with Gasteiger partial charge in [-0.15, -0.1) is 0 Å². The number of rotatable bonds is 30. The number of carboxylic acid groups (broad SMARTS) is 1. The van der Waals surface area contributed by atoms with Gasteiger partial charge >= 0.3 is 5.97 Å². The van der Waals surface area contributed by atoms with Gasteiger partial charge in [-0.2, -0.15) is 0 Å². The van der Waals surface area contributed by atoms with E-state index < -0.39 is 5.97 Å². The molecule has 234 valence electrons. The van der Waals surface area contributed by atoms with Gasteiger partial charge in [0.15, 0.2) is 0 Å². The normalized spacial score (nSPS) is 11.3. The SMILES string of the molecule is CCCCCCCC/C=C/CCCCCCCC(=O)O.CCCCCCCCCCCCCCCCN(C)C. The third-order valence-corrected chi connectivity index (χ3v) is 7.61. The van der Waals surface area contributed by atoms with E-state index in [0.29, 0.717) is 6.42 Å². The molecule has 0 saturated heterocycles. The third kappa shape index (κ3) is 44.4. The van der Waals surface area contributed by atoms with Gasteiger partial charge in [0.2, 0.25) is 0 Å². The summed E-state index contributed by atoms with van der Waals surface area (Å²) < 4.78 is 0. The minimum atomic E-state index is -0.664. The van der Waals surface area contributed by atoms with Crippen molar-refractivity contribution in [2.75, 3.05) is 20.6 Å². The average molecular weight is 552 g/mol. The van der Waals surface area contributed by atoms with Gasteiger partial charge in [-0.3, -0.25) is 4.79 Å². The van der Waals surface area contributed by atoms with Crippen molar-refractivity contribution in [3.8, 4) is 0 Å². The molecule has 0 unspecified atom stereocenters. The van der Waals surface area contributed by atoms with Crippen molar-refractivity contribution >= 4 is 5.97 Å². The lowest BCUT2D eigenvalue weighted by Crippen LogP contribution is -2.12. The molecule has 0 heterocycles. The third-order valence-electron chi connectivity index (χ3n) is 7.61. The molecule has 0 radical (unpaired) electrons. The van der Waals surface area contributed by atoms with Crippen LogP contribution in [-0.4, -0.2) is 36.6 Å². The molecule has 0 saturated carbocycles. The van der Waals surface area contributed by atoms with E-state index in [0.717, 1.165) is 12.8 Å². The molecule has 39 heavy (non-hydrogen) atoms. The molecule has 3 heteroatoms. The van der Waals surface area contributed by atoms with Crippen LogP contribution >= 0.6 is 0 Å². The number of nitrogens with zero attached hydrogens (tertiary/aromatic N) is 1. The van der Waals surface area contributed by atoms with Gasteiger partial charge in [-0.05, 0) is 59.2 Å². The van der Waals surface area contributed by atoms with Crippen LogP contribution in [0, 0.1) is 0 Å². The number of unbranched alkanes of at least 4 members (excludes halogenated alkanes) is 24. The van der Waals surface area contributed by atoms with E-state index in [4.69, 9.17) is 5.11 Å². The zero-order valence-electron chi connectivity index (χ0n) is 27.5. The highest BCUT2D eigenvalue weighted by atomic mass is 16.4. The minimum absolute atomic E-state index is 0.332. The van der Waals surface area contributed by atoms with Crippen LogP contribution < -0.4 is 0 Å². The van der Waals surface area contributed by atoms with E-state index in [1.54, 1.807) is 0 Å². The number of allylic oxidation sites excluding steroid dienone is 2. The Morgan fingerprint density at radius 3 is 1.13 bits per heavy atom. The Bertz CT molecular complexity index is 475. The van der Waals surface area contributed by atoms with Crippen LogP contribution in [0.3, 0.4) is 0 Å². The van der Waals surface area contributed by atoms with Gasteiger partial charge in [0.1, 0.15) is 0 Å². The Labute approximate surface area is 247 Å². The minimum Gasteiger partial charge on any atom is -0.481 e. The first-order valence-corrected chi connectivity index (χ1v) is 17.6. The molecule has 0 amide bonds. The van der Waals surface area contributed by atoms with E-state index in [1.165, 1.54) is 167 Å². The van der Waals surface area contributed by atoms with Crippen molar-refractivity contribution in [2.45, 2.75) is 194 Å². The highest BCUT2D eigenvalue weighted by Gasteiger charge is 1.96. The smallest absolute Gasteiger partial charge is 0.303 e.